The zero-order chi connectivity index (χ0) is 16.1. The molecule has 0 spiro atoms. The Balaban J connectivity index is 1.57. The number of aromatic nitrogens is 2. The van der Waals surface area contributed by atoms with Crippen molar-refractivity contribution in [3.05, 3.63) is 65.2 Å². The number of hydrogen-bond donors (Lipinski definition) is 1. The van der Waals surface area contributed by atoms with Gasteiger partial charge in [0.25, 0.3) is 0 Å². The lowest BCUT2D eigenvalue weighted by Gasteiger charge is -2.02. The number of aryl methyl sites for hydroxylation is 1. The number of hydrogen-bond acceptors (Lipinski definition) is 4. The second-order valence-corrected chi connectivity index (χ2v) is 6.37. The van der Waals surface area contributed by atoms with E-state index in [4.69, 9.17) is 11.6 Å². The van der Waals surface area contributed by atoms with Crippen molar-refractivity contribution in [2.75, 3.05) is 5.32 Å². The first-order valence-corrected chi connectivity index (χ1v) is 8.33. The smallest absolute Gasteiger partial charge is 0.226 e. The Hall–Kier alpha value is -2.24. The molecule has 0 atom stereocenters. The molecule has 4 nitrogen and oxygen atoms in total. The molecule has 3 aromatic rings. The third-order valence-electron chi connectivity index (χ3n) is 3.22. The van der Waals surface area contributed by atoms with E-state index in [-0.39, 0.29) is 5.91 Å². The van der Waals surface area contributed by atoms with Crippen molar-refractivity contribution in [1.82, 2.24) is 10.2 Å². The van der Waals surface area contributed by atoms with Crippen molar-refractivity contribution < 1.29 is 4.79 Å². The summed E-state index contributed by atoms with van der Waals surface area (Å²) in [5.74, 6) is -0.0827. The number of carbonyl (C=O) groups is 1. The van der Waals surface area contributed by atoms with Crippen molar-refractivity contribution in [2.24, 2.45) is 0 Å². The Bertz CT molecular complexity index is 804. The number of benzene rings is 2. The van der Waals surface area contributed by atoms with Gasteiger partial charge in [0.1, 0.15) is 5.01 Å². The predicted molar refractivity (Wildman–Crippen MR) is 93.7 cm³/mol. The van der Waals surface area contributed by atoms with E-state index in [0.29, 0.717) is 23.0 Å². The second kappa shape index (κ2) is 7.35. The lowest BCUT2D eigenvalue weighted by atomic mass is 10.1. The molecule has 1 amide bonds. The fourth-order valence-electron chi connectivity index (χ4n) is 2.10. The van der Waals surface area contributed by atoms with Gasteiger partial charge in [-0.05, 0) is 24.1 Å². The molecule has 0 aliphatic rings. The molecule has 0 fully saturated rings. The molecule has 23 heavy (non-hydrogen) atoms. The minimum atomic E-state index is -0.0827. The van der Waals surface area contributed by atoms with E-state index in [9.17, 15) is 4.79 Å². The van der Waals surface area contributed by atoms with Gasteiger partial charge in [0.15, 0.2) is 0 Å². The number of rotatable bonds is 5. The predicted octanol–water partition coefficient (Wildman–Crippen LogP) is 4.43. The van der Waals surface area contributed by atoms with Crippen molar-refractivity contribution in [2.45, 2.75) is 12.8 Å². The lowest BCUT2D eigenvalue weighted by molar-refractivity contribution is -0.116. The van der Waals surface area contributed by atoms with Crippen molar-refractivity contribution >= 4 is 34.0 Å². The first-order chi connectivity index (χ1) is 11.2. The third-order valence-corrected chi connectivity index (χ3v) is 4.34. The van der Waals surface area contributed by atoms with Gasteiger partial charge >= 0.3 is 0 Å². The highest BCUT2D eigenvalue weighted by Gasteiger charge is 2.09. The Kier molecular flexibility index (Phi) is 5.00. The van der Waals surface area contributed by atoms with Gasteiger partial charge in [-0.2, -0.15) is 0 Å². The first kappa shape index (κ1) is 15.6. The molecule has 3 rings (SSSR count). The highest BCUT2D eigenvalue weighted by atomic mass is 35.5. The largest absolute Gasteiger partial charge is 0.301 e. The molecule has 1 heterocycles. The maximum atomic E-state index is 12.0. The summed E-state index contributed by atoms with van der Waals surface area (Å²) in [7, 11) is 0. The minimum Gasteiger partial charge on any atom is -0.301 e. The van der Waals surface area contributed by atoms with Gasteiger partial charge < -0.3 is 5.32 Å². The number of nitrogens with one attached hydrogen (secondary N) is 1. The molecule has 2 aromatic carbocycles. The van der Waals surface area contributed by atoms with Crippen LogP contribution in [0.3, 0.4) is 0 Å². The summed E-state index contributed by atoms with van der Waals surface area (Å²) >= 11 is 7.30. The van der Waals surface area contributed by atoms with Crippen LogP contribution in [-0.2, 0) is 11.2 Å². The number of carbonyl (C=O) groups excluding carboxylic acids is 1. The van der Waals surface area contributed by atoms with Crippen LogP contribution in [0.2, 0.25) is 5.02 Å². The summed E-state index contributed by atoms with van der Waals surface area (Å²) in [5.41, 5.74) is 2.03. The van der Waals surface area contributed by atoms with E-state index in [1.807, 2.05) is 54.6 Å². The fraction of sp³-hybridized carbons (Fsp3) is 0.118. The molecule has 0 bridgehead atoms. The van der Waals surface area contributed by atoms with Crippen LogP contribution in [0.15, 0.2) is 54.6 Å². The molecule has 0 unspecified atom stereocenters. The molecule has 0 aliphatic heterocycles. The van der Waals surface area contributed by atoms with Gasteiger partial charge in [-0.25, -0.2) is 0 Å². The molecular weight excluding hydrogens is 330 g/mol. The van der Waals surface area contributed by atoms with E-state index < -0.39 is 0 Å². The van der Waals surface area contributed by atoms with E-state index in [1.165, 1.54) is 11.3 Å². The monoisotopic (exact) mass is 343 g/mol. The van der Waals surface area contributed by atoms with E-state index >= 15 is 0 Å². The van der Waals surface area contributed by atoms with Gasteiger partial charge in [0.05, 0.1) is 0 Å². The van der Waals surface area contributed by atoms with Crippen LogP contribution in [0.25, 0.3) is 10.6 Å². The molecule has 1 aromatic heterocycles. The van der Waals surface area contributed by atoms with Crippen molar-refractivity contribution in [3.8, 4) is 10.6 Å². The molecule has 0 saturated heterocycles. The zero-order valence-electron chi connectivity index (χ0n) is 12.2. The Morgan fingerprint density at radius 2 is 1.91 bits per heavy atom. The number of halogens is 1. The van der Waals surface area contributed by atoms with Gasteiger partial charge in [-0.3, -0.25) is 4.79 Å². The van der Waals surface area contributed by atoms with Crippen LogP contribution >= 0.6 is 22.9 Å². The van der Waals surface area contributed by atoms with Crippen LogP contribution in [0, 0.1) is 0 Å². The van der Waals surface area contributed by atoms with Crippen molar-refractivity contribution in [1.29, 1.82) is 0 Å². The van der Waals surface area contributed by atoms with E-state index in [2.05, 4.69) is 15.5 Å². The van der Waals surface area contributed by atoms with Gasteiger partial charge in [0.2, 0.25) is 11.0 Å². The summed E-state index contributed by atoms with van der Waals surface area (Å²) in [5, 5.41) is 12.9. The summed E-state index contributed by atoms with van der Waals surface area (Å²) in [4.78, 5) is 12.0. The molecule has 1 N–H and O–H groups in total. The zero-order valence-corrected chi connectivity index (χ0v) is 13.8. The Morgan fingerprint density at radius 3 is 2.70 bits per heavy atom. The number of nitrogens with zero attached hydrogens (tertiary/aromatic N) is 2. The van der Waals surface area contributed by atoms with Crippen LogP contribution < -0.4 is 5.32 Å². The Morgan fingerprint density at radius 1 is 1.09 bits per heavy atom. The Labute approximate surface area is 143 Å². The first-order valence-electron chi connectivity index (χ1n) is 7.14. The lowest BCUT2D eigenvalue weighted by Crippen LogP contribution is -2.12. The summed E-state index contributed by atoms with van der Waals surface area (Å²) in [6, 6.07) is 17.3. The number of amides is 1. The maximum absolute atomic E-state index is 12.0. The van der Waals surface area contributed by atoms with Crippen LogP contribution in [-0.4, -0.2) is 16.1 Å². The molecule has 0 aliphatic carbocycles. The highest BCUT2D eigenvalue weighted by molar-refractivity contribution is 7.18. The van der Waals surface area contributed by atoms with Crippen LogP contribution in [0.1, 0.15) is 12.0 Å². The van der Waals surface area contributed by atoms with E-state index in [1.54, 1.807) is 0 Å². The number of anilines is 1. The maximum Gasteiger partial charge on any atom is 0.226 e. The van der Waals surface area contributed by atoms with Gasteiger partial charge in [0, 0.05) is 17.0 Å². The average molecular weight is 344 g/mol. The standard InChI is InChI=1S/C17H14ClN3OS/c18-14-8-4-5-12(11-14)9-10-15(22)19-17-21-20-16(23-17)13-6-2-1-3-7-13/h1-8,11H,9-10H2,(H,19,21,22). The summed E-state index contributed by atoms with van der Waals surface area (Å²) in [6.07, 6.45) is 1.01. The minimum absolute atomic E-state index is 0.0827. The normalized spacial score (nSPS) is 10.5. The molecular formula is C17H14ClN3OS. The highest BCUT2D eigenvalue weighted by Crippen LogP contribution is 2.26. The quantitative estimate of drug-likeness (QED) is 0.745. The molecule has 0 saturated carbocycles. The molecule has 0 radical (unpaired) electrons. The van der Waals surface area contributed by atoms with Crippen LogP contribution in [0.4, 0.5) is 5.13 Å². The van der Waals surface area contributed by atoms with Gasteiger partial charge in [-0.1, -0.05) is 65.4 Å². The fourth-order valence-corrected chi connectivity index (χ4v) is 3.08. The SMILES string of the molecule is O=C(CCc1cccc(Cl)c1)Nc1nnc(-c2ccccc2)s1. The summed E-state index contributed by atoms with van der Waals surface area (Å²) < 4.78 is 0. The average Bonchev–Trinajstić information content (AvgIpc) is 3.02. The van der Waals surface area contributed by atoms with Gasteiger partial charge in [-0.15, -0.1) is 10.2 Å². The van der Waals surface area contributed by atoms with Crippen molar-refractivity contribution in [3.63, 3.8) is 0 Å². The second-order valence-electron chi connectivity index (χ2n) is 4.96. The van der Waals surface area contributed by atoms with Crippen LogP contribution in [0.5, 0.6) is 0 Å². The van der Waals surface area contributed by atoms with E-state index in [0.717, 1.165) is 16.1 Å². The molecule has 6 heteroatoms. The third kappa shape index (κ3) is 4.37. The topological polar surface area (TPSA) is 54.9 Å². The molecule has 116 valence electrons. The summed E-state index contributed by atoms with van der Waals surface area (Å²) in [6.45, 7) is 0.